The molecule has 0 spiro atoms. The molecule has 1 amide bonds. The van der Waals surface area contributed by atoms with Crippen LogP contribution in [0.15, 0.2) is 12.1 Å². The fourth-order valence-corrected chi connectivity index (χ4v) is 3.90. The number of thioether (sulfide) groups is 1. The van der Waals surface area contributed by atoms with Crippen molar-refractivity contribution < 1.29 is 19.5 Å². The lowest BCUT2D eigenvalue weighted by Crippen LogP contribution is -2.45. The van der Waals surface area contributed by atoms with Crippen LogP contribution in [0, 0.1) is 19.8 Å². The van der Waals surface area contributed by atoms with Gasteiger partial charge in [0.25, 0.3) is 0 Å². The molecule has 0 bridgehead atoms. The molecule has 1 N–H and O–H groups in total. The first-order chi connectivity index (χ1) is 12.1. The summed E-state index contributed by atoms with van der Waals surface area (Å²) >= 11 is 7.13. The molecule has 0 aliphatic carbocycles. The standard InChI is InChI=1S/C19H26ClNO4S/c1-6-14(7-2)19(25)26-10-16(22)21(13(5)18(23)24)17-11(3)8-9-15(20)12(17)4/h8-9,13-14H,6-7,10H2,1-5H3,(H,23,24)/t13-/m0/s1. The molecule has 1 aromatic rings. The number of amides is 1. The number of rotatable bonds is 8. The van der Waals surface area contributed by atoms with E-state index in [0.717, 1.165) is 30.2 Å². The largest absolute Gasteiger partial charge is 0.480 e. The molecule has 0 aliphatic heterocycles. The van der Waals surface area contributed by atoms with Crippen molar-refractivity contribution in [3.8, 4) is 0 Å². The van der Waals surface area contributed by atoms with E-state index in [2.05, 4.69) is 0 Å². The van der Waals surface area contributed by atoms with Gasteiger partial charge in [-0.1, -0.05) is 43.3 Å². The van der Waals surface area contributed by atoms with Crippen LogP contribution < -0.4 is 4.90 Å². The number of carbonyl (C=O) groups is 3. The number of hydrogen-bond acceptors (Lipinski definition) is 4. The van der Waals surface area contributed by atoms with E-state index in [0.29, 0.717) is 16.3 Å². The van der Waals surface area contributed by atoms with Gasteiger partial charge in [-0.15, -0.1) is 0 Å². The Labute approximate surface area is 164 Å². The average Bonchev–Trinajstić information content (AvgIpc) is 2.60. The van der Waals surface area contributed by atoms with Crippen molar-refractivity contribution in [1.29, 1.82) is 0 Å². The number of hydrogen-bond donors (Lipinski definition) is 1. The molecule has 0 saturated carbocycles. The number of nitrogens with zero attached hydrogens (tertiary/aromatic N) is 1. The van der Waals surface area contributed by atoms with Crippen molar-refractivity contribution in [3.63, 3.8) is 0 Å². The highest BCUT2D eigenvalue weighted by Crippen LogP contribution is 2.32. The third-order valence-electron chi connectivity index (χ3n) is 4.48. The molecule has 1 aromatic carbocycles. The summed E-state index contributed by atoms with van der Waals surface area (Å²) in [6.07, 6.45) is 1.44. The number of aliphatic carboxylic acids is 1. The summed E-state index contributed by atoms with van der Waals surface area (Å²) in [5, 5.41) is 9.88. The average molecular weight is 400 g/mol. The Balaban J connectivity index is 3.17. The summed E-state index contributed by atoms with van der Waals surface area (Å²) in [5.41, 5.74) is 1.89. The molecule has 1 atom stereocenters. The summed E-state index contributed by atoms with van der Waals surface area (Å²) in [4.78, 5) is 37.9. The quantitative estimate of drug-likeness (QED) is 0.698. The highest BCUT2D eigenvalue weighted by Gasteiger charge is 2.30. The first kappa shape index (κ1) is 22.5. The SMILES string of the molecule is CCC(CC)C(=O)SCC(=O)N(c1c(C)ccc(Cl)c1C)[C@@H](C)C(=O)O. The van der Waals surface area contributed by atoms with E-state index in [1.54, 1.807) is 26.0 Å². The molecule has 0 unspecified atom stereocenters. The normalized spacial score (nSPS) is 12.1. The molecule has 1 rings (SSSR count). The minimum absolute atomic E-state index is 0.0363. The van der Waals surface area contributed by atoms with Crippen LogP contribution >= 0.6 is 23.4 Å². The molecule has 5 nitrogen and oxygen atoms in total. The minimum Gasteiger partial charge on any atom is -0.480 e. The molecule has 0 saturated heterocycles. The van der Waals surface area contributed by atoms with E-state index in [4.69, 9.17) is 11.6 Å². The van der Waals surface area contributed by atoms with Gasteiger partial charge in [-0.05, 0) is 50.8 Å². The maximum absolute atomic E-state index is 12.9. The fraction of sp³-hybridized carbons (Fsp3) is 0.526. The molecule has 0 radical (unpaired) electrons. The zero-order valence-electron chi connectivity index (χ0n) is 15.8. The van der Waals surface area contributed by atoms with Crippen LogP contribution in [0.3, 0.4) is 0 Å². The number of halogens is 1. The number of anilines is 1. The molecular formula is C19H26ClNO4S. The summed E-state index contributed by atoms with van der Waals surface area (Å²) in [6.45, 7) is 8.88. The van der Waals surface area contributed by atoms with Crippen molar-refractivity contribution in [3.05, 3.63) is 28.3 Å². The Hall–Kier alpha value is -1.53. The summed E-state index contributed by atoms with van der Waals surface area (Å²) in [5.74, 6) is -1.72. The van der Waals surface area contributed by atoms with E-state index in [-0.39, 0.29) is 16.8 Å². The van der Waals surface area contributed by atoms with Crippen LogP contribution in [-0.4, -0.2) is 33.9 Å². The first-order valence-electron chi connectivity index (χ1n) is 8.62. The second kappa shape index (κ2) is 9.97. The Morgan fingerprint density at radius 1 is 1.19 bits per heavy atom. The van der Waals surface area contributed by atoms with E-state index < -0.39 is 17.9 Å². The maximum Gasteiger partial charge on any atom is 0.326 e. The highest BCUT2D eigenvalue weighted by molar-refractivity contribution is 8.14. The Kier molecular flexibility index (Phi) is 8.63. The number of carboxylic acids is 1. The van der Waals surface area contributed by atoms with Gasteiger partial charge in [0, 0.05) is 10.9 Å². The molecule has 144 valence electrons. The van der Waals surface area contributed by atoms with E-state index in [1.165, 1.54) is 11.8 Å². The van der Waals surface area contributed by atoms with E-state index in [1.807, 2.05) is 13.8 Å². The van der Waals surface area contributed by atoms with Crippen LogP contribution in [0.5, 0.6) is 0 Å². The third-order valence-corrected chi connectivity index (χ3v) is 5.90. The zero-order chi connectivity index (χ0) is 20.0. The lowest BCUT2D eigenvalue weighted by atomic mass is 10.1. The van der Waals surface area contributed by atoms with Crippen molar-refractivity contribution in [2.24, 2.45) is 5.92 Å². The fourth-order valence-electron chi connectivity index (χ4n) is 2.77. The van der Waals surface area contributed by atoms with Gasteiger partial charge in [0.05, 0.1) is 11.4 Å². The Bertz CT molecular complexity index is 688. The summed E-state index contributed by atoms with van der Waals surface area (Å²) in [7, 11) is 0. The zero-order valence-corrected chi connectivity index (χ0v) is 17.4. The predicted octanol–water partition coefficient (Wildman–Crippen LogP) is 4.46. The summed E-state index contributed by atoms with van der Waals surface area (Å²) < 4.78 is 0. The molecule has 0 aromatic heterocycles. The topological polar surface area (TPSA) is 74.7 Å². The van der Waals surface area contributed by atoms with Crippen molar-refractivity contribution in [2.75, 3.05) is 10.7 Å². The van der Waals surface area contributed by atoms with Crippen molar-refractivity contribution >= 4 is 46.0 Å². The van der Waals surface area contributed by atoms with Crippen LogP contribution in [0.1, 0.15) is 44.7 Å². The predicted molar refractivity (Wildman–Crippen MR) is 107 cm³/mol. The first-order valence-corrected chi connectivity index (χ1v) is 9.99. The van der Waals surface area contributed by atoms with Crippen LogP contribution in [-0.2, 0) is 14.4 Å². The molecule has 26 heavy (non-hydrogen) atoms. The number of carbonyl (C=O) groups excluding carboxylic acids is 2. The smallest absolute Gasteiger partial charge is 0.326 e. The van der Waals surface area contributed by atoms with E-state index in [9.17, 15) is 19.5 Å². The molecule has 0 aliphatic rings. The van der Waals surface area contributed by atoms with Gasteiger partial charge in [-0.2, -0.15) is 0 Å². The van der Waals surface area contributed by atoms with Gasteiger partial charge in [-0.25, -0.2) is 4.79 Å². The second-order valence-corrected chi connectivity index (χ2v) is 7.62. The Morgan fingerprint density at radius 3 is 2.27 bits per heavy atom. The van der Waals surface area contributed by atoms with Gasteiger partial charge in [0.15, 0.2) is 5.12 Å². The van der Waals surface area contributed by atoms with Gasteiger partial charge < -0.3 is 5.11 Å². The minimum atomic E-state index is -1.12. The number of benzene rings is 1. The molecule has 7 heteroatoms. The number of aryl methyl sites for hydroxylation is 1. The van der Waals surface area contributed by atoms with E-state index >= 15 is 0 Å². The molecule has 0 heterocycles. The lowest BCUT2D eigenvalue weighted by Gasteiger charge is -2.30. The van der Waals surface area contributed by atoms with Gasteiger partial charge >= 0.3 is 5.97 Å². The third kappa shape index (κ3) is 5.24. The van der Waals surface area contributed by atoms with Gasteiger partial charge in [0.2, 0.25) is 5.91 Å². The van der Waals surface area contributed by atoms with Crippen LogP contribution in [0.2, 0.25) is 5.02 Å². The summed E-state index contributed by atoms with van der Waals surface area (Å²) in [6, 6.07) is 2.40. The van der Waals surface area contributed by atoms with Gasteiger partial charge in [0.1, 0.15) is 6.04 Å². The van der Waals surface area contributed by atoms with Crippen molar-refractivity contribution in [1.82, 2.24) is 0 Å². The molecule has 0 fully saturated rings. The monoisotopic (exact) mass is 399 g/mol. The second-order valence-electron chi connectivity index (χ2n) is 6.24. The highest BCUT2D eigenvalue weighted by atomic mass is 35.5. The number of carboxylic acid groups (broad SMARTS) is 1. The van der Waals surface area contributed by atoms with Gasteiger partial charge in [-0.3, -0.25) is 14.5 Å². The lowest BCUT2D eigenvalue weighted by molar-refractivity contribution is -0.139. The Morgan fingerprint density at radius 2 is 1.77 bits per heavy atom. The van der Waals surface area contributed by atoms with Crippen molar-refractivity contribution in [2.45, 2.75) is 53.5 Å². The maximum atomic E-state index is 12.9. The van der Waals surface area contributed by atoms with Crippen LogP contribution in [0.4, 0.5) is 5.69 Å². The van der Waals surface area contributed by atoms with Crippen LogP contribution in [0.25, 0.3) is 0 Å². The molecular weight excluding hydrogens is 374 g/mol.